The Balaban J connectivity index is 1.34. The second-order valence-electron chi connectivity index (χ2n) is 10.7. The van der Waals surface area contributed by atoms with Crippen LogP contribution in [0.25, 0.3) is 77.3 Å². The third kappa shape index (κ3) is 3.36. The van der Waals surface area contributed by atoms with Gasteiger partial charge in [-0.2, -0.15) is 0 Å². The van der Waals surface area contributed by atoms with Gasteiger partial charge in [0.1, 0.15) is 0 Å². The lowest BCUT2D eigenvalue weighted by Crippen LogP contribution is -2.00. The van der Waals surface area contributed by atoms with Gasteiger partial charge in [0, 0.05) is 38.8 Å². The van der Waals surface area contributed by atoms with E-state index in [1.165, 1.54) is 43.7 Å². The van der Waals surface area contributed by atoms with E-state index in [0.29, 0.717) is 5.95 Å². The third-order valence-corrected chi connectivity index (χ3v) is 8.38. The Hall–Kier alpha value is -5.74. The summed E-state index contributed by atoms with van der Waals surface area (Å²) in [7, 11) is 0. The Labute approximate surface area is 241 Å². The minimum atomic E-state index is 0.680. The molecular formula is C38H24N4. The van der Waals surface area contributed by atoms with Gasteiger partial charge < -0.3 is 4.57 Å². The number of nitrogens with zero attached hydrogens (tertiary/aromatic N) is 4. The number of rotatable bonds is 3. The minimum Gasteiger partial charge on any atom is -0.309 e. The number of fused-ring (bicyclic) bond motifs is 7. The first-order chi connectivity index (χ1) is 20.8. The van der Waals surface area contributed by atoms with Gasteiger partial charge in [-0.1, -0.05) is 97.1 Å². The molecule has 0 saturated heterocycles. The fourth-order valence-electron chi connectivity index (χ4n) is 6.43. The van der Waals surface area contributed by atoms with Crippen molar-refractivity contribution in [2.75, 3.05) is 0 Å². The summed E-state index contributed by atoms with van der Waals surface area (Å²) in [5, 5.41) is 5.82. The molecule has 4 nitrogen and oxygen atoms in total. The Morgan fingerprint density at radius 3 is 1.74 bits per heavy atom. The zero-order valence-corrected chi connectivity index (χ0v) is 22.6. The Morgan fingerprint density at radius 1 is 0.429 bits per heavy atom. The molecule has 42 heavy (non-hydrogen) atoms. The van der Waals surface area contributed by atoms with Crippen LogP contribution in [0.5, 0.6) is 0 Å². The highest BCUT2D eigenvalue weighted by atomic mass is 15.2. The van der Waals surface area contributed by atoms with E-state index in [9.17, 15) is 0 Å². The Bertz CT molecular complexity index is 2450. The molecule has 0 radical (unpaired) electrons. The van der Waals surface area contributed by atoms with Crippen LogP contribution in [0.1, 0.15) is 0 Å². The van der Waals surface area contributed by atoms with Crippen molar-refractivity contribution in [1.82, 2.24) is 19.1 Å². The topological polar surface area (TPSA) is 35.6 Å². The molecule has 0 aliphatic rings. The molecule has 0 N–H and O–H groups in total. The Kier molecular flexibility index (Phi) is 4.87. The van der Waals surface area contributed by atoms with E-state index in [2.05, 4.69) is 130 Å². The molecule has 3 aromatic heterocycles. The molecule has 0 amide bonds. The van der Waals surface area contributed by atoms with E-state index in [1.807, 2.05) is 24.4 Å². The molecule has 6 aromatic carbocycles. The fourth-order valence-corrected chi connectivity index (χ4v) is 6.43. The molecule has 0 fully saturated rings. The normalized spacial score (nSPS) is 11.8. The van der Waals surface area contributed by atoms with Crippen LogP contribution >= 0.6 is 0 Å². The molecule has 0 bridgehead atoms. The Morgan fingerprint density at radius 2 is 1.00 bits per heavy atom. The van der Waals surface area contributed by atoms with Crippen LogP contribution in [0, 0.1) is 0 Å². The molecule has 0 spiro atoms. The molecule has 0 saturated carbocycles. The van der Waals surface area contributed by atoms with Crippen LogP contribution in [-0.4, -0.2) is 19.1 Å². The van der Waals surface area contributed by atoms with Crippen molar-refractivity contribution in [3.05, 3.63) is 146 Å². The van der Waals surface area contributed by atoms with Gasteiger partial charge in [-0.05, 0) is 53.6 Å². The molecule has 0 unspecified atom stereocenters. The molecule has 3 heterocycles. The van der Waals surface area contributed by atoms with Crippen LogP contribution in [0.3, 0.4) is 0 Å². The number of aromatic nitrogens is 4. The van der Waals surface area contributed by atoms with Gasteiger partial charge in [0.15, 0.2) is 0 Å². The first kappa shape index (κ1) is 23.0. The van der Waals surface area contributed by atoms with Crippen LogP contribution in [0.15, 0.2) is 146 Å². The number of benzene rings is 6. The molecule has 9 rings (SSSR count). The zero-order chi connectivity index (χ0) is 27.6. The second-order valence-corrected chi connectivity index (χ2v) is 10.7. The van der Waals surface area contributed by atoms with Crippen molar-refractivity contribution >= 4 is 54.5 Å². The van der Waals surface area contributed by atoms with Crippen molar-refractivity contribution < 1.29 is 0 Å². The standard InChI is InChI=1S/C38H24N4/c1-2-10-25(11-3-1)26-18-20-28(21-19-26)41-34-16-8-5-13-29(34)31-23-37-32(22-36(31)41)30-14-6-9-17-35(30)42(37)38-39-24-27-12-4-7-15-33(27)40-38/h1-24H. The van der Waals surface area contributed by atoms with Gasteiger partial charge in [0.05, 0.1) is 27.6 Å². The van der Waals surface area contributed by atoms with Gasteiger partial charge in [-0.15, -0.1) is 0 Å². The molecule has 0 atom stereocenters. The number of para-hydroxylation sites is 3. The summed E-state index contributed by atoms with van der Waals surface area (Å²) in [5.41, 5.74) is 9.06. The predicted octanol–water partition coefficient (Wildman–Crippen LogP) is 9.49. The van der Waals surface area contributed by atoms with Gasteiger partial charge in [-0.3, -0.25) is 4.57 Å². The van der Waals surface area contributed by atoms with Gasteiger partial charge in [-0.25, -0.2) is 9.97 Å². The quantitative estimate of drug-likeness (QED) is 0.225. The van der Waals surface area contributed by atoms with Crippen molar-refractivity contribution in [3.63, 3.8) is 0 Å². The molecular weight excluding hydrogens is 512 g/mol. The average Bonchev–Trinajstić information content (AvgIpc) is 3.56. The molecule has 9 aromatic rings. The first-order valence-corrected chi connectivity index (χ1v) is 14.2. The monoisotopic (exact) mass is 536 g/mol. The van der Waals surface area contributed by atoms with Crippen LogP contribution in [0.2, 0.25) is 0 Å². The smallest absolute Gasteiger partial charge is 0.235 e. The lowest BCUT2D eigenvalue weighted by molar-refractivity contribution is 1.01. The summed E-state index contributed by atoms with van der Waals surface area (Å²) in [5.74, 6) is 0.680. The van der Waals surface area contributed by atoms with Gasteiger partial charge in [0.2, 0.25) is 5.95 Å². The highest BCUT2D eigenvalue weighted by Crippen LogP contribution is 2.39. The number of hydrogen-bond donors (Lipinski definition) is 0. The van der Waals surface area contributed by atoms with Gasteiger partial charge >= 0.3 is 0 Å². The predicted molar refractivity (Wildman–Crippen MR) is 174 cm³/mol. The van der Waals surface area contributed by atoms with E-state index >= 15 is 0 Å². The first-order valence-electron chi connectivity index (χ1n) is 14.2. The maximum atomic E-state index is 4.99. The molecule has 0 aliphatic heterocycles. The van der Waals surface area contributed by atoms with E-state index in [-0.39, 0.29) is 0 Å². The van der Waals surface area contributed by atoms with E-state index in [0.717, 1.165) is 27.6 Å². The summed E-state index contributed by atoms with van der Waals surface area (Å²) in [4.78, 5) is 9.82. The molecule has 196 valence electrons. The number of hydrogen-bond acceptors (Lipinski definition) is 2. The van der Waals surface area contributed by atoms with Crippen LogP contribution in [0.4, 0.5) is 0 Å². The summed E-state index contributed by atoms with van der Waals surface area (Å²) >= 11 is 0. The van der Waals surface area contributed by atoms with Crippen molar-refractivity contribution in [1.29, 1.82) is 0 Å². The van der Waals surface area contributed by atoms with Gasteiger partial charge in [0.25, 0.3) is 0 Å². The SMILES string of the molecule is c1ccc(-c2ccc(-n3c4ccccc4c4cc5c(cc43)c3ccccc3n5-c3ncc4ccccc4n3)cc2)cc1. The second kappa shape index (κ2) is 8.88. The van der Waals surface area contributed by atoms with E-state index in [4.69, 9.17) is 9.97 Å². The lowest BCUT2D eigenvalue weighted by Gasteiger charge is -2.10. The van der Waals surface area contributed by atoms with Crippen molar-refractivity contribution in [3.8, 4) is 22.8 Å². The molecule has 0 aliphatic carbocycles. The maximum Gasteiger partial charge on any atom is 0.235 e. The van der Waals surface area contributed by atoms with Crippen LogP contribution < -0.4 is 0 Å². The van der Waals surface area contributed by atoms with Crippen molar-refractivity contribution in [2.45, 2.75) is 0 Å². The maximum absolute atomic E-state index is 4.99. The highest BCUT2D eigenvalue weighted by Gasteiger charge is 2.19. The average molecular weight is 537 g/mol. The zero-order valence-electron chi connectivity index (χ0n) is 22.6. The summed E-state index contributed by atoms with van der Waals surface area (Å²) < 4.78 is 4.59. The minimum absolute atomic E-state index is 0.680. The van der Waals surface area contributed by atoms with Crippen molar-refractivity contribution in [2.24, 2.45) is 0 Å². The third-order valence-electron chi connectivity index (χ3n) is 8.38. The summed E-state index contributed by atoms with van der Waals surface area (Å²) in [6.07, 6.45) is 1.92. The summed E-state index contributed by atoms with van der Waals surface area (Å²) in [6, 6.07) is 49.4. The lowest BCUT2D eigenvalue weighted by atomic mass is 10.1. The van der Waals surface area contributed by atoms with E-state index in [1.54, 1.807) is 0 Å². The largest absolute Gasteiger partial charge is 0.309 e. The highest BCUT2D eigenvalue weighted by molar-refractivity contribution is 6.18. The fraction of sp³-hybridized carbons (Fsp3) is 0. The van der Waals surface area contributed by atoms with Crippen LogP contribution in [-0.2, 0) is 0 Å². The molecule has 4 heteroatoms. The van der Waals surface area contributed by atoms with E-state index < -0.39 is 0 Å². The summed E-state index contributed by atoms with van der Waals surface area (Å²) in [6.45, 7) is 0.